The van der Waals surface area contributed by atoms with E-state index in [9.17, 15) is 72.9 Å². The summed E-state index contributed by atoms with van der Waals surface area (Å²) in [6.45, 7) is 8.72. The lowest BCUT2D eigenvalue weighted by Crippen LogP contribution is -2.61. The highest BCUT2D eigenvalue weighted by Gasteiger charge is 2.48. The van der Waals surface area contributed by atoms with Gasteiger partial charge in [0.15, 0.2) is 0 Å². The Kier molecular flexibility index (Phi) is 36.5. The maximum atomic E-state index is 15.6. The number of phenolic OH excluding ortho intramolecular Hbond substituents is 2. The fourth-order valence-corrected chi connectivity index (χ4v) is 17.5. The van der Waals surface area contributed by atoms with Crippen molar-refractivity contribution in [3.8, 4) is 11.5 Å². The summed E-state index contributed by atoms with van der Waals surface area (Å²) in [5, 5.41) is 63.5. The van der Waals surface area contributed by atoms with Crippen molar-refractivity contribution < 1.29 is 92.0 Å². The first kappa shape index (κ1) is 99.3. The number of fused-ring (bicyclic) bond motifs is 1. The number of unbranched alkanes of at least 4 members (excludes halogenated alkanes) is 1. The third-order valence-electron chi connectivity index (χ3n) is 24.4. The van der Waals surface area contributed by atoms with Crippen LogP contribution in [0.4, 0.5) is 0 Å². The third kappa shape index (κ3) is 26.7. The molecule has 0 unspecified atom stereocenters. The number of para-hydroxylation sites is 1. The van der Waals surface area contributed by atoms with Crippen molar-refractivity contribution >= 4 is 131 Å². The fraction of sp³-hybridized carbons (Fsp3) is 0.557. The second kappa shape index (κ2) is 47.5. The highest BCUT2D eigenvalue weighted by Crippen LogP contribution is 2.30. The molecule has 700 valence electrons. The summed E-state index contributed by atoms with van der Waals surface area (Å²) in [7, 11) is 0. The summed E-state index contributed by atoms with van der Waals surface area (Å²) in [6, 6.07) is 0.922. The van der Waals surface area contributed by atoms with E-state index in [0.29, 0.717) is 91.2 Å². The van der Waals surface area contributed by atoms with Gasteiger partial charge in [0.25, 0.3) is 0 Å². The minimum atomic E-state index is -1.53. The number of aromatic amines is 2. The van der Waals surface area contributed by atoms with E-state index in [0.717, 1.165) is 6.42 Å². The number of nitrogens with two attached hydrogens (primary N) is 1. The van der Waals surface area contributed by atoms with Crippen molar-refractivity contribution in [2.45, 2.75) is 241 Å². The summed E-state index contributed by atoms with van der Waals surface area (Å²) < 4.78 is 0. The highest BCUT2D eigenvalue weighted by atomic mass is 32.1. The second-order valence-electron chi connectivity index (χ2n) is 34.0. The molecule has 5 aliphatic rings. The number of carbonyl (C=O) groups is 16. The zero-order valence-corrected chi connectivity index (χ0v) is 74.9. The first-order valence-corrected chi connectivity index (χ1v) is 45.5. The molecule has 3 aromatic carbocycles. The van der Waals surface area contributed by atoms with Gasteiger partial charge in [0.2, 0.25) is 88.6 Å². The third-order valence-corrected chi connectivity index (χ3v) is 25.2. The largest absolute Gasteiger partial charge is 0.508 e. The van der Waals surface area contributed by atoms with Gasteiger partial charge in [-0.25, -0.2) is 4.98 Å². The molecular weight excluding hydrogens is 1710 g/mol. The first-order valence-electron chi connectivity index (χ1n) is 44.3. The normalized spacial score (nSPS) is 19.8. The van der Waals surface area contributed by atoms with E-state index in [4.69, 9.17) is 5.73 Å². The molecule has 0 aliphatic carbocycles. The first-order chi connectivity index (χ1) is 61.8. The van der Waals surface area contributed by atoms with Crippen LogP contribution in [0.1, 0.15) is 147 Å². The van der Waals surface area contributed by atoms with Crippen LogP contribution in [0.2, 0.25) is 0 Å². The van der Waals surface area contributed by atoms with Gasteiger partial charge in [-0.1, -0.05) is 76.6 Å². The number of H-pyrrole nitrogens is 2. The van der Waals surface area contributed by atoms with Gasteiger partial charge in [-0.2, -0.15) is 25.3 Å². The van der Waals surface area contributed by atoms with Gasteiger partial charge in [0.1, 0.15) is 96.1 Å². The van der Waals surface area contributed by atoms with Crippen molar-refractivity contribution in [1.82, 2.24) is 98.4 Å². The number of hydrogen-bond acceptors (Lipinski definition) is 23. The average Bonchev–Trinajstić information content (AvgIpc) is 1.67. The zero-order chi connectivity index (χ0) is 93.3. The zero-order valence-electron chi connectivity index (χ0n) is 73.1. The number of aromatic hydroxyl groups is 2. The van der Waals surface area contributed by atoms with Gasteiger partial charge in [0, 0.05) is 92.4 Å². The molecule has 16 atom stereocenters. The Morgan fingerprint density at radius 1 is 0.496 bits per heavy atom. The molecule has 129 heavy (non-hydrogen) atoms. The van der Waals surface area contributed by atoms with Gasteiger partial charge in [-0.15, -0.1) is 0 Å². The Morgan fingerprint density at radius 3 is 1.55 bits per heavy atom. The molecule has 2 aromatic heterocycles. The number of hydrogen-bond donors (Lipinski definition) is 20. The molecule has 0 bridgehead atoms. The Bertz CT molecular complexity index is 4790. The minimum Gasteiger partial charge on any atom is -0.508 e. The number of carboxylic acid groups (broad SMARTS) is 1. The molecule has 15 amide bonds. The van der Waals surface area contributed by atoms with Gasteiger partial charge < -0.3 is 114 Å². The Morgan fingerprint density at radius 2 is 0.992 bits per heavy atom. The van der Waals surface area contributed by atoms with Gasteiger partial charge >= 0.3 is 5.97 Å². The topological polar surface area (TPSA) is 562 Å². The van der Waals surface area contributed by atoms with E-state index < -0.39 is 204 Å². The van der Waals surface area contributed by atoms with Crippen molar-refractivity contribution in [1.29, 1.82) is 0 Å². The number of aliphatic carboxylic acids is 1. The summed E-state index contributed by atoms with van der Waals surface area (Å²) in [5.41, 5.74) is 8.63. The van der Waals surface area contributed by atoms with Gasteiger partial charge in [0.05, 0.1) is 18.9 Å². The molecule has 5 fully saturated rings. The molecule has 0 saturated carbocycles. The number of aromatic nitrogens is 3. The number of nitrogens with zero attached hydrogens (tertiary/aromatic N) is 5. The lowest BCUT2D eigenvalue weighted by molar-refractivity contribution is -0.148. The van der Waals surface area contributed by atoms with Crippen LogP contribution in [0, 0.1) is 11.8 Å². The van der Waals surface area contributed by atoms with Crippen molar-refractivity contribution in [3.05, 3.63) is 114 Å². The summed E-state index contributed by atoms with van der Waals surface area (Å²) in [6.07, 6.45) is 8.55. The van der Waals surface area contributed by atoms with Crippen molar-refractivity contribution in [3.63, 3.8) is 0 Å². The molecule has 0 spiro atoms. The molecule has 10 rings (SSSR count). The van der Waals surface area contributed by atoms with Crippen LogP contribution in [-0.4, -0.2) is 292 Å². The molecular formula is C88H122N20O19S2. The lowest BCUT2D eigenvalue weighted by atomic mass is 9.96. The molecule has 5 aromatic rings. The quantitative estimate of drug-likeness (QED) is 0.0165. The number of benzene rings is 3. The van der Waals surface area contributed by atoms with E-state index in [1.54, 1.807) is 64.2 Å². The fourth-order valence-electron chi connectivity index (χ4n) is 17.0. The number of amides is 15. The molecule has 19 N–H and O–H groups in total. The highest BCUT2D eigenvalue weighted by molar-refractivity contribution is 7.80. The van der Waals surface area contributed by atoms with E-state index in [-0.39, 0.29) is 114 Å². The maximum absolute atomic E-state index is 15.6. The van der Waals surface area contributed by atoms with E-state index in [1.165, 1.54) is 63.3 Å². The smallest absolute Gasteiger partial charge is 0.325 e. The SMILES string of the molecule is CC[C@H](C)[C@H](NC(=O)CNC(=O)[C@H](CS)NC(=O)[C@@H]1CCCN1C(=O)[C@H](CCCCN)NC(=O)[C@@H]1CCCN1C(=O)[C@@H]1CCCN1C(=O)[C@H](Cc1ccc(O)cc1)NC(=O)[C@H](Cc1cnc[nH]1)NC(=O)[C@H](Cc1c[nH]c2ccccc12)NC(=O)[C@H](CS)NC(=O)[C@H](Cc1ccc(O)cc1)NC(=O)[C@@H]1CCCN1)C(=O)N[C@H](C(=O)N1CCC[C@H]1C(=O)N[C@@H](C)C(=O)O)C(C)C. The van der Waals surface area contributed by atoms with Crippen LogP contribution in [0.5, 0.6) is 11.5 Å². The number of phenols is 2. The minimum absolute atomic E-state index is 0.0188. The van der Waals surface area contributed by atoms with Crippen molar-refractivity contribution in [2.75, 3.05) is 57.3 Å². The average molecular weight is 1830 g/mol. The van der Waals surface area contributed by atoms with Crippen LogP contribution < -0.4 is 69.5 Å². The maximum Gasteiger partial charge on any atom is 0.325 e. The van der Waals surface area contributed by atoms with Gasteiger partial charge in [-0.05, 0) is 162 Å². The number of likely N-dealkylation sites (tertiary alicyclic amines) is 4. The lowest BCUT2D eigenvalue weighted by Gasteiger charge is -2.34. The van der Waals surface area contributed by atoms with E-state index >= 15 is 19.2 Å². The van der Waals surface area contributed by atoms with E-state index in [1.807, 2.05) is 18.2 Å². The molecule has 41 heteroatoms. The van der Waals surface area contributed by atoms with E-state index in [2.05, 4.69) is 104 Å². The number of imidazole rings is 1. The number of carboxylic acids is 1. The molecule has 5 saturated heterocycles. The molecule has 39 nitrogen and oxygen atoms in total. The Hall–Kier alpha value is -11.8. The number of thiol groups is 2. The van der Waals surface area contributed by atoms with Crippen LogP contribution in [0.3, 0.4) is 0 Å². The summed E-state index contributed by atoms with van der Waals surface area (Å²) in [4.78, 5) is 244. The summed E-state index contributed by atoms with van der Waals surface area (Å²) in [5.74, 6) is -13.6. The molecule has 7 heterocycles. The predicted octanol–water partition coefficient (Wildman–Crippen LogP) is -0.952. The number of carbonyl (C=O) groups excluding carboxylic acids is 15. The number of rotatable bonds is 44. The second-order valence-corrected chi connectivity index (χ2v) is 34.7. The molecule has 5 aliphatic heterocycles. The standard InChI is InChI=1S/C88H122N20O19S2/c1-6-49(4)73(83(121)104-72(48(2)3)87(125)107-36-14-20-67(107)80(118)95-50(5)88(126)127)103-71(111)44-93-74(112)65(45-128)102-82(120)68-21-12-34-105(68)84(122)60(18-9-10-32-89)96-81(119)69-22-13-35-106(69)86(124)70-23-15-37-108(70)85(123)64(39-52-26-30-56(110)31-27-52)100-78(116)63(41-54-43-90-47-94-54)99-77(115)62(40-53-42-92-58-17-8-7-16-57(53)58)98-79(117)66(46-129)101-76(114)61(38-51-24-28-55(109)29-25-51)97-75(113)59-19-11-33-91-59/h7-8,16-17,24-31,42-43,47-50,59-70,72-73,91-92,109-110,128-129H,6,9-15,18-23,32-41,44-46,89H2,1-5H3,(H,90,94)(H,93,112)(H,95,118)(H,96,119)(H,97,113)(H,98,117)(H,99,115)(H,100,116)(H,101,114)(H,102,120)(H,103,111)(H,104,121)(H,126,127)/t49-,50-,59-,60-,61-,62-,63-,64-,65-,66-,67-,68-,69-,70-,72-,73-/m0/s1. The summed E-state index contributed by atoms with van der Waals surface area (Å²) >= 11 is 8.80. The monoisotopic (exact) mass is 1830 g/mol. The van der Waals surface area contributed by atoms with Crippen LogP contribution in [-0.2, 0) is 102 Å². The Balaban J connectivity index is 0.794. The predicted molar refractivity (Wildman–Crippen MR) is 478 cm³/mol. The number of nitrogens with one attached hydrogen (secondary N) is 14. The van der Waals surface area contributed by atoms with Crippen LogP contribution >= 0.6 is 25.3 Å². The van der Waals surface area contributed by atoms with Crippen LogP contribution in [0.25, 0.3) is 10.9 Å². The van der Waals surface area contributed by atoms with Gasteiger partial charge in [-0.3, -0.25) is 76.7 Å². The molecule has 0 radical (unpaired) electrons. The van der Waals surface area contributed by atoms with Crippen LogP contribution in [0.15, 0.2) is 91.5 Å². The Labute approximate surface area is 758 Å². The van der Waals surface area contributed by atoms with Crippen molar-refractivity contribution in [2.24, 2.45) is 17.6 Å².